The van der Waals surface area contributed by atoms with Gasteiger partial charge in [0.1, 0.15) is 4.88 Å². The summed E-state index contributed by atoms with van der Waals surface area (Å²) in [5.74, 6) is -1.19. The fraction of sp³-hybridized carbons (Fsp3) is 0.0588. The maximum Gasteiger partial charge on any atom is 0.348 e. The SMILES string of the molecule is Cc1ccc(-c2cc(NS(=O)(=O)c3ccccn3)c(C(=O)O)s2)cc1. The molecule has 1 aromatic carbocycles. The van der Waals surface area contributed by atoms with Crippen molar-refractivity contribution in [3.8, 4) is 10.4 Å². The van der Waals surface area contributed by atoms with Crippen molar-refractivity contribution in [2.75, 3.05) is 4.72 Å². The minimum Gasteiger partial charge on any atom is -0.477 e. The van der Waals surface area contributed by atoms with E-state index in [1.54, 1.807) is 12.1 Å². The molecule has 0 atom stereocenters. The fourth-order valence-electron chi connectivity index (χ4n) is 2.19. The van der Waals surface area contributed by atoms with Crippen LogP contribution in [0.4, 0.5) is 5.69 Å². The van der Waals surface area contributed by atoms with E-state index in [9.17, 15) is 18.3 Å². The molecule has 0 fully saturated rings. The van der Waals surface area contributed by atoms with Crippen LogP contribution in [-0.2, 0) is 10.0 Å². The standard InChI is InChI=1S/C17H14N2O4S2/c1-11-5-7-12(8-6-11)14-10-13(16(24-14)17(20)21)19-25(22,23)15-4-2-3-9-18-15/h2-10,19H,1H3,(H,20,21). The van der Waals surface area contributed by atoms with E-state index in [0.717, 1.165) is 22.5 Å². The average molecular weight is 374 g/mol. The van der Waals surface area contributed by atoms with Gasteiger partial charge in [0, 0.05) is 11.1 Å². The second-order valence-electron chi connectivity index (χ2n) is 5.30. The predicted octanol–water partition coefficient (Wildman–Crippen LogP) is 3.62. The molecule has 128 valence electrons. The highest BCUT2D eigenvalue weighted by Gasteiger charge is 2.22. The summed E-state index contributed by atoms with van der Waals surface area (Å²) in [7, 11) is -3.96. The number of aromatic nitrogens is 1. The van der Waals surface area contributed by atoms with Crippen LogP contribution in [0, 0.1) is 6.92 Å². The Morgan fingerprint density at radius 3 is 2.48 bits per heavy atom. The summed E-state index contributed by atoms with van der Waals surface area (Å²) in [6.07, 6.45) is 1.36. The zero-order valence-electron chi connectivity index (χ0n) is 13.1. The summed E-state index contributed by atoms with van der Waals surface area (Å²) in [6.45, 7) is 1.95. The van der Waals surface area contributed by atoms with Gasteiger partial charge in [0.15, 0.2) is 5.03 Å². The maximum atomic E-state index is 12.4. The van der Waals surface area contributed by atoms with Crippen molar-refractivity contribution >= 4 is 33.0 Å². The number of sulfonamides is 1. The van der Waals surface area contributed by atoms with Crippen molar-refractivity contribution in [2.45, 2.75) is 11.9 Å². The van der Waals surface area contributed by atoms with Crippen LogP contribution in [0.5, 0.6) is 0 Å². The number of thiophene rings is 1. The first-order valence-corrected chi connectivity index (χ1v) is 9.55. The fourth-order valence-corrected chi connectivity index (χ4v) is 4.22. The molecule has 3 rings (SSSR count). The predicted molar refractivity (Wildman–Crippen MR) is 96.5 cm³/mol. The van der Waals surface area contributed by atoms with Gasteiger partial charge in [-0.2, -0.15) is 8.42 Å². The number of hydrogen-bond acceptors (Lipinski definition) is 5. The number of aromatic carboxylic acids is 1. The lowest BCUT2D eigenvalue weighted by atomic mass is 10.1. The summed E-state index contributed by atoms with van der Waals surface area (Å²) in [5, 5.41) is 9.23. The summed E-state index contributed by atoms with van der Waals surface area (Å²) in [4.78, 5) is 15.9. The molecular weight excluding hydrogens is 360 g/mol. The van der Waals surface area contributed by atoms with Gasteiger partial charge in [-0.15, -0.1) is 11.3 Å². The molecule has 6 nitrogen and oxygen atoms in total. The smallest absolute Gasteiger partial charge is 0.348 e. The first-order valence-electron chi connectivity index (χ1n) is 7.25. The van der Waals surface area contributed by atoms with Crippen molar-refractivity contribution in [2.24, 2.45) is 0 Å². The van der Waals surface area contributed by atoms with E-state index in [4.69, 9.17) is 0 Å². The Morgan fingerprint density at radius 1 is 1.16 bits per heavy atom. The quantitative estimate of drug-likeness (QED) is 0.711. The monoisotopic (exact) mass is 374 g/mol. The Balaban J connectivity index is 2.01. The molecule has 0 aliphatic rings. The highest BCUT2D eigenvalue weighted by Crippen LogP contribution is 2.35. The van der Waals surface area contributed by atoms with E-state index < -0.39 is 16.0 Å². The zero-order chi connectivity index (χ0) is 18.0. The number of anilines is 1. The molecule has 0 saturated carbocycles. The third kappa shape index (κ3) is 3.70. The summed E-state index contributed by atoms with van der Waals surface area (Å²) < 4.78 is 27.1. The first-order chi connectivity index (χ1) is 11.9. The van der Waals surface area contributed by atoms with Gasteiger partial charge in [-0.05, 0) is 30.7 Å². The second-order valence-corrected chi connectivity index (χ2v) is 7.98. The molecule has 2 N–H and O–H groups in total. The lowest BCUT2D eigenvalue weighted by Crippen LogP contribution is -2.15. The molecule has 25 heavy (non-hydrogen) atoms. The van der Waals surface area contributed by atoms with E-state index in [1.807, 2.05) is 31.2 Å². The van der Waals surface area contributed by atoms with E-state index in [-0.39, 0.29) is 15.6 Å². The number of nitrogens with one attached hydrogen (secondary N) is 1. The number of pyridine rings is 1. The summed E-state index contributed by atoms with van der Waals surface area (Å²) in [5.41, 5.74) is 1.93. The number of carboxylic acids is 1. The van der Waals surface area contributed by atoms with Crippen LogP contribution in [0.25, 0.3) is 10.4 Å². The molecular formula is C17H14N2O4S2. The van der Waals surface area contributed by atoms with E-state index >= 15 is 0 Å². The molecule has 0 radical (unpaired) electrons. The molecule has 2 heterocycles. The Kier molecular flexibility index (Phi) is 4.56. The minimum atomic E-state index is -3.96. The Hall–Kier alpha value is -2.71. The van der Waals surface area contributed by atoms with E-state index in [2.05, 4.69) is 9.71 Å². The van der Waals surface area contributed by atoms with Crippen molar-refractivity contribution in [3.63, 3.8) is 0 Å². The zero-order valence-corrected chi connectivity index (χ0v) is 14.8. The molecule has 0 aliphatic heterocycles. The van der Waals surface area contributed by atoms with Crippen LogP contribution in [0.2, 0.25) is 0 Å². The van der Waals surface area contributed by atoms with Crippen LogP contribution in [-0.4, -0.2) is 24.5 Å². The molecule has 0 bridgehead atoms. The molecule has 0 saturated heterocycles. The second kappa shape index (κ2) is 6.66. The minimum absolute atomic E-state index is 0.0266. The van der Waals surface area contributed by atoms with Gasteiger partial charge in [0.2, 0.25) is 0 Å². The Bertz CT molecular complexity index is 1010. The molecule has 2 aromatic heterocycles. The third-order valence-corrected chi connectivity index (χ3v) is 5.87. The Labute approximate surface area is 148 Å². The van der Waals surface area contributed by atoms with Gasteiger partial charge in [0.05, 0.1) is 5.69 Å². The lowest BCUT2D eigenvalue weighted by Gasteiger charge is -2.06. The largest absolute Gasteiger partial charge is 0.477 e. The van der Waals surface area contributed by atoms with Crippen molar-refractivity contribution in [1.82, 2.24) is 4.98 Å². The van der Waals surface area contributed by atoms with Crippen LogP contribution in [0.3, 0.4) is 0 Å². The van der Waals surface area contributed by atoms with Crippen molar-refractivity contribution in [3.05, 3.63) is 65.2 Å². The van der Waals surface area contributed by atoms with Crippen LogP contribution in [0.1, 0.15) is 15.2 Å². The maximum absolute atomic E-state index is 12.4. The van der Waals surface area contributed by atoms with Gasteiger partial charge in [-0.25, -0.2) is 9.78 Å². The number of carbonyl (C=O) groups is 1. The number of nitrogens with zero attached hydrogens (tertiary/aromatic N) is 1. The number of benzene rings is 1. The average Bonchev–Trinajstić information content (AvgIpc) is 2.99. The molecule has 0 amide bonds. The molecule has 0 aliphatic carbocycles. The van der Waals surface area contributed by atoms with Gasteiger partial charge >= 0.3 is 5.97 Å². The van der Waals surface area contributed by atoms with Crippen LogP contribution < -0.4 is 4.72 Å². The topological polar surface area (TPSA) is 96.4 Å². The molecule has 3 aromatic rings. The first kappa shape index (κ1) is 17.1. The normalized spacial score (nSPS) is 11.2. The van der Waals surface area contributed by atoms with Gasteiger partial charge in [0.25, 0.3) is 10.0 Å². The number of carboxylic acid groups (broad SMARTS) is 1. The van der Waals surface area contributed by atoms with Gasteiger partial charge < -0.3 is 5.11 Å². The third-order valence-electron chi connectivity index (χ3n) is 3.42. The van der Waals surface area contributed by atoms with Crippen molar-refractivity contribution in [1.29, 1.82) is 0 Å². The Morgan fingerprint density at radius 2 is 1.88 bits per heavy atom. The van der Waals surface area contributed by atoms with Crippen LogP contribution in [0.15, 0.2) is 59.8 Å². The lowest BCUT2D eigenvalue weighted by molar-refractivity contribution is 0.0703. The van der Waals surface area contributed by atoms with Gasteiger partial charge in [-0.3, -0.25) is 4.72 Å². The molecule has 0 spiro atoms. The number of hydrogen-bond donors (Lipinski definition) is 2. The summed E-state index contributed by atoms with van der Waals surface area (Å²) in [6, 6.07) is 13.6. The van der Waals surface area contributed by atoms with Gasteiger partial charge in [-0.1, -0.05) is 35.9 Å². The number of rotatable bonds is 5. The molecule has 0 unspecified atom stereocenters. The summed E-state index contributed by atoms with van der Waals surface area (Å²) >= 11 is 1.02. The molecule has 8 heteroatoms. The van der Waals surface area contributed by atoms with E-state index in [0.29, 0.717) is 4.88 Å². The van der Waals surface area contributed by atoms with E-state index in [1.165, 1.54) is 18.3 Å². The highest BCUT2D eigenvalue weighted by molar-refractivity contribution is 7.92. The number of aryl methyl sites for hydroxylation is 1. The highest BCUT2D eigenvalue weighted by atomic mass is 32.2. The van der Waals surface area contributed by atoms with Crippen LogP contribution >= 0.6 is 11.3 Å². The van der Waals surface area contributed by atoms with Crippen molar-refractivity contribution < 1.29 is 18.3 Å².